The third kappa shape index (κ3) is 9.88. The minimum absolute atomic E-state index is 0.650. The Bertz CT molecular complexity index is 7850. The molecule has 5 aromatic heterocycles. The molecule has 19 aromatic carbocycles. The Hall–Kier alpha value is -15.4. The summed E-state index contributed by atoms with van der Waals surface area (Å²) in [4.78, 5) is 21.7. The molecule has 0 fully saturated rings. The first-order valence-electron chi connectivity index (χ1n) is 37.8. The second kappa shape index (κ2) is 24.6. The fourth-order valence-corrected chi connectivity index (χ4v) is 18.4. The first kappa shape index (κ1) is 62.8. The number of hydrogen-bond donors (Lipinski definition) is 0. The summed E-state index contributed by atoms with van der Waals surface area (Å²) >= 11 is 0. The number of pyridine rings is 3. The lowest BCUT2D eigenvalue weighted by Gasteiger charge is -2.16. The van der Waals surface area contributed by atoms with E-state index < -0.39 is 0 Å². The minimum Gasteiger partial charge on any atom is -0.310 e. The number of hydrogen-bond acceptors (Lipinski definition) is 3. The van der Waals surface area contributed by atoms with Gasteiger partial charge in [0.25, 0.3) is 0 Å². The molecule has 7 nitrogen and oxygen atoms in total. The van der Waals surface area contributed by atoms with E-state index in [1.54, 1.807) is 0 Å². The van der Waals surface area contributed by atoms with Crippen LogP contribution in [0.5, 0.6) is 0 Å². The summed E-state index contributed by atoms with van der Waals surface area (Å²) in [6.45, 7) is 15.6. The third-order valence-electron chi connectivity index (χ3n) is 23.3. The predicted octanol–water partition coefficient (Wildman–Crippen LogP) is 28.7. The van der Waals surface area contributed by atoms with Crippen LogP contribution < -0.4 is 0 Å². The van der Waals surface area contributed by atoms with Crippen molar-refractivity contribution in [1.82, 2.24) is 24.1 Å². The highest BCUT2D eigenvalue weighted by Crippen LogP contribution is 2.49. The Morgan fingerprint density at radius 2 is 0.518 bits per heavy atom. The van der Waals surface area contributed by atoms with Crippen LogP contribution in [0.15, 0.2) is 358 Å². The van der Waals surface area contributed by atoms with Crippen molar-refractivity contribution in [2.75, 3.05) is 0 Å². The molecule has 0 aliphatic heterocycles. The average Bonchev–Trinajstić information content (AvgIpc) is 1.47. The lowest BCUT2D eigenvalue weighted by atomic mass is 9.88. The van der Waals surface area contributed by atoms with Gasteiger partial charge in [0.05, 0.1) is 41.1 Å². The second-order valence-corrected chi connectivity index (χ2v) is 29.6. The second-order valence-electron chi connectivity index (χ2n) is 29.6. The van der Waals surface area contributed by atoms with E-state index in [0.29, 0.717) is 11.4 Å². The largest absolute Gasteiger partial charge is 0.310 e. The molecule has 514 valence electrons. The van der Waals surface area contributed by atoms with Crippen LogP contribution in [0, 0.1) is 13.1 Å². The van der Waals surface area contributed by atoms with Crippen LogP contribution >= 0.6 is 0 Å². The van der Waals surface area contributed by atoms with Crippen molar-refractivity contribution in [2.45, 2.75) is 0 Å². The Labute approximate surface area is 642 Å². The van der Waals surface area contributed by atoms with Crippen LogP contribution in [-0.4, -0.2) is 24.1 Å². The maximum absolute atomic E-state index is 7.83. The minimum atomic E-state index is 0.650. The standard InChI is InChI=1S/C53H30N4.C52H29N3/c1-54-44-29-37-18-17-36-25-41(30-48-52(36)53(37)49(31-44)57(48)45-9-3-2-4-10-45)39-23-34-15-13-32-21-38(22-33-14-16-35(24-39)51(34)50(32)33)40-26-42(46-11-5-7-19-55-46)28-43(27-40)47-12-6-8-20-56-47;1-53-43-28-39-21-20-38-27-42(29-46-50(38)51(39)47(30-43)55(46)44-9-3-2-4-10-44)41-25-36-18-16-34-23-40(24-35-17-19-37(26-41)49(36)48(34)35)31-12-14-32(15-13-31)45-11-5-7-33-8-6-22-54-52(33)45/h2-31H;2-30H. The summed E-state index contributed by atoms with van der Waals surface area (Å²) in [5.41, 5.74) is 24.7. The fraction of sp³-hybridized carbons (Fsp3) is 0. The van der Waals surface area contributed by atoms with Crippen molar-refractivity contribution < 1.29 is 0 Å². The Balaban J connectivity index is 0.000000134. The molecule has 24 rings (SSSR count). The van der Waals surface area contributed by atoms with Gasteiger partial charge in [0.15, 0.2) is 11.4 Å². The zero-order valence-corrected chi connectivity index (χ0v) is 60.2. The van der Waals surface area contributed by atoms with E-state index >= 15 is 0 Å². The van der Waals surface area contributed by atoms with Gasteiger partial charge in [-0.1, -0.05) is 170 Å². The van der Waals surface area contributed by atoms with Crippen molar-refractivity contribution in [2.24, 2.45) is 0 Å². The first-order chi connectivity index (χ1) is 55.3. The molecule has 0 radical (unpaired) electrons. The molecule has 5 heterocycles. The summed E-state index contributed by atoms with van der Waals surface area (Å²) in [5, 5.41) is 25.7. The monoisotopic (exact) mass is 1420 g/mol. The van der Waals surface area contributed by atoms with Gasteiger partial charge in [0.1, 0.15) is 0 Å². The van der Waals surface area contributed by atoms with Crippen LogP contribution in [0.2, 0.25) is 0 Å². The van der Waals surface area contributed by atoms with E-state index in [2.05, 4.69) is 319 Å². The SMILES string of the molecule is [C-]#[N+]c1cc2ccc3cc(-c4cc5ccc6cc(-c7cc(-c8ccccn8)cc(-c8ccccn8)c7)cc7ccc(c4)c5c67)cc4c3c2c(c1)n4-c1ccccc1.[C-]#[N+]c1cc2ccc3cc(-c4cc5ccc6cc(-c7ccc(-c8cccc9cccnc89)cc7)cc7ccc(c4)c5c67)cc4c3c2c(c1)n4-c1ccccc1. The molecule has 0 N–H and O–H groups in total. The Morgan fingerprint density at radius 1 is 0.205 bits per heavy atom. The first-order valence-corrected chi connectivity index (χ1v) is 37.8. The summed E-state index contributed by atoms with van der Waals surface area (Å²) in [6.07, 6.45) is 5.56. The molecule has 0 spiro atoms. The van der Waals surface area contributed by atoms with E-state index in [9.17, 15) is 0 Å². The number of para-hydroxylation sites is 3. The maximum Gasteiger partial charge on any atom is 0.189 e. The molecule has 0 saturated heterocycles. The maximum atomic E-state index is 7.83. The molecular formula is C105H59N7. The fourth-order valence-electron chi connectivity index (χ4n) is 18.4. The van der Waals surface area contributed by atoms with Gasteiger partial charge in [-0.15, -0.1) is 0 Å². The number of aromatic nitrogens is 5. The van der Waals surface area contributed by atoms with Gasteiger partial charge in [-0.3, -0.25) is 15.0 Å². The number of nitrogens with zero attached hydrogens (tertiary/aromatic N) is 7. The van der Waals surface area contributed by atoms with Crippen LogP contribution in [0.4, 0.5) is 11.4 Å². The highest BCUT2D eigenvalue weighted by atomic mass is 15.0. The predicted molar refractivity (Wildman–Crippen MR) is 468 cm³/mol. The van der Waals surface area contributed by atoms with Crippen LogP contribution in [0.3, 0.4) is 0 Å². The molecule has 112 heavy (non-hydrogen) atoms. The number of benzene rings is 19. The molecule has 0 amide bonds. The highest BCUT2D eigenvalue weighted by molar-refractivity contribution is 6.30. The van der Waals surface area contributed by atoms with Gasteiger partial charge >= 0.3 is 0 Å². The summed E-state index contributed by atoms with van der Waals surface area (Å²) in [6, 6.07) is 122. The number of rotatable bonds is 9. The lowest BCUT2D eigenvalue weighted by Crippen LogP contribution is -1.93. The molecule has 0 bridgehead atoms. The normalized spacial score (nSPS) is 11.9. The van der Waals surface area contributed by atoms with Crippen LogP contribution in [-0.2, 0) is 0 Å². The van der Waals surface area contributed by atoms with Crippen molar-refractivity contribution in [3.05, 3.63) is 381 Å². The van der Waals surface area contributed by atoms with E-state index in [1.807, 2.05) is 73.2 Å². The van der Waals surface area contributed by atoms with E-state index in [4.69, 9.17) is 13.1 Å². The van der Waals surface area contributed by atoms with Gasteiger partial charge < -0.3 is 9.13 Å². The molecule has 0 aliphatic carbocycles. The zero-order valence-electron chi connectivity index (χ0n) is 60.2. The highest BCUT2D eigenvalue weighted by Gasteiger charge is 2.24. The Kier molecular flexibility index (Phi) is 13.8. The van der Waals surface area contributed by atoms with Crippen LogP contribution in [0.25, 0.3) is 240 Å². The summed E-state index contributed by atoms with van der Waals surface area (Å²) in [7, 11) is 0. The van der Waals surface area contributed by atoms with Crippen molar-refractivity contribution >= 4 is 152 Å². The molecule has 7 heteroatoms. The molecule has 0 saturated carbocycles. The Morgan fingerprint density at radius 3 is 0.902 bits per heavy atom. The van der Waals surface area contributed by atoms with Crippen molar-refractivity contribution in [3.63, 3.8) is 0 Å². The smallest absolute Gasteiger partial charge is 0.189 e. The summed E-state index contributed by atoms with van der Waals surface area (Å²) in [5.74, 6) is 0. The zero-order chi connectivity index (χ0) is 73.8. The van der Waals surface area contributed by atoms with Gasteiger partial charge in [0, 0.05) is 84.6 Å². The third-order valence-corrected chi connectivity index (χ3v) is 23.3. The van der Waals surface area contributed by atoms with Crippen LogP contribution in [0.1, 0.15) is 0 Å². The molecular weight excluding hydrogens is 1360 g/mol. The molecule has 24 aromatic rings. The average molecular weight is 1420 g/mol. The quantitative estimate of drug-likeness (QED) is 0.107. The van der Waals surface area contributed by atoms with Gasteiger partial charge in [-0.2, -0.15) is 0 Å². The summed E-state index contributed by atoms with van der Waals surface area (Å²) < 4.78 is 4.66. The van der Waals surface area contributed by atoms with Gasteiger partial charge in [-0.05, 0) is 306 Å². The van der Waals surface area contributed by atoms with E-state index in [1.165, 1.54) is 136 Å². The van der Waals surface area contributed by atoms with Gasteiger partial charge in [0.2, 0.25) is 0 Å². The topological polar surface area (TPSA) is 57.2 Å². The van der Waals surface area contributed by atoms with Crippen molar-refractivity contribution in [1.29, 1.82) is 0 Å². The molecule has 0 atom stereocenters. The van der Waals surface area contributed by atoms with E-state index in [-0.39, 0.29) is 0 Å². The number of fused-ring (bicyclic) bond motifs is 1. The van der Waals surface area contributed by atoms with Crippen molar-refractivity contribution in [3.8, 4) is 89.5 Å². The van der Waals surface area contributed by atoms with E-state index in [0.717, 1.165) is 94.3 Å². The molecule has 0 unspecified atom stereocenters. The molecule has 0 aliphatic rings. The van der Waals surface area contributed by atoms with Gasteiger partial charge in [-0.25, -0.2) is 9.69 Å². The lowest BCUT2D eigenvalue weighted by molar-refractivity contribution is 1.18.